The van der Waals surface area contributed by atoms with E-state index in [9.17, 15) is 9.59 Å². The van der Waals surface area contributed by atoms with Crippen molar-refractivity contribution in [2.75, 3.05) is 19.1 Å². The lowest BCUT2D eigenvalue weighted by Gasteiger charge is -2.33. The third kappa shape index (κ3) is 3.96. The summed E-state index contributed by atoms with van der Waals surface area (Å²) in [5, 5.41) is 0. The molecule has 0 amide bonds. The number of ether oxygens (including phenoxy) is 3. The molecule has 28 heavy (non-hydrogen) atoms. The van der Waals surface area contributed by atoms with Crippen molar-refractivity contribution in [1.29, 1.82) is 0 Å². The van der Waals surface area contributed by atoms with Crippen molar-refractivity contribution >= 4 is 17.6 Å². The van der Waals surface area contributed by atoms with Gasteiger partial charge in [0.15, 0.2) is 11.5 Å². The molecule has 1 unspecified atom stereocenters. The maximum Gasteiger partial charge on any atom is 0.316 e. The van der Waals surface area contributed by atoms with Crippen molar-refractivity contribution in [1.82, 2.24) is 0 Å². The maximum absolute atomic E-state index is 12.3. The second kappa shape index (κ2) is 7.54. The molecule has 148 valence electrons. The van der Waals surface area contributed by atoms with Crippen LogP contribution in [0, 0.1) is 5.41 Å². The number of methoxy groups -OCH3 is 1. The fourth-order valence-corrected chi connectivity index (χ4v) is 3.02. The maximum atomic E-state index is 12.3. The summed E-state index contributed by atoms with van der Waals surface area (Å²) in [4.78, 5) is 26.4. The molecule has 6 nitrogen and oxygen atoms in total. The molecule has 2 aromatic rings. The summed E-state index contributed by atoms with van der Waals surface area (Å²) in [5.74, 6) is 0.765. The molecule has 0 bridgehead atoms. The summed E-state index contributed by atoms with van der Waals surface area (Å²) in [7, 11) is 3.43. The van der Waals surface area contributed by atoms with Crippen LogP contribution in [0.5, 0.6) is 17.2 Å². The number of carbonyl (C=O) groups excluding carboxylic acids is 2. The number of rotatable bonds is 4. The number of anilines is 1. The van der Waals surface area contributed by atoms with E-state index in [1.807, 2.05) is 36.2 Å². The second-order valence-electron chi connectivity index (χ2n) is 7.82. The number of para-hydroxylation sites is 1. The van der Waals surface area contributed by atoms with Gasteiger partial charge in [0.05, 0.1) is 25.0 Å². The highest BCUT2D eigenvalue weighted by molar-refractivity contribution is 5.80. The first-order chi connectivity index (χ1) is 13.2. The van der Waals surface area contributed by atoms with E-state index < -0.39 is 5.41 Å². The number of nitrogens with zero attached hydrogens (tertiary/aromatic N) is 1. The van der Waals surface area contributed by atoms with Crippen LogP contribution in [0.2, 0.25) is 0 Å². The molecule has 0 N–H and O–H groups in total. The SMILES string of the molecule is COc1ccc(N(C)C2CC(=O)Oc3ccccc32)cc1OC(=O)C(C)(C)C. The lowest BCUT2D eigenvalue weighted by Crippen LogP contribution is -2.32. The van der Waals surface area contributed by atoms with Gasteiger partial charge in [-0.15, -0.1) is 0 Å². The van der Waals surface area contributed by atoms with E-state index in [-0.39, 0.29) is 24.4 Å². The first-order valence-electron chi connectivity index (χ1n) is 9.13. The minimum absolute atomic E-state index is 0.183. The molecule has 0 saturated heterocycles. The Morgan fingerprint density at radius 2 is 1.86 bits per heavy atom. The molecule has 0 aromatic heterocycles. The number of hydrogen-bond acceptors (Lipinski definition) is 6. The zero-order valence-electron chi connectivity index (χ0n) is 16.8. The summed E-state index contributed by atoms with van der Waals surface area (Å²) >= 11 is 0. The van der Waals surface area contributed by atoms with Gasteiger partial charge in [0.1, 0.15) is 5.75 Å². The van der Waals surface area contributed by atoms with Gasteiger partial charge < -0.3 is 19.1 Å². The molecule has 1 aliphatic heterocycles. The number of esters is 2. The number of carbonyl (C=O) groups is 2. The van der Waals surface area contributed by atoms with Crippen LogP contribution in [0.15, 0.2) is 42.5 Å². The third-order valence-corrected chi connectivity index (χ3v) is 4.70. The molecule has 0 radical (unpaired) electrons. The molecular formula is C22H25NO5. The van der Waals surface area contributed by atoms with Gasteiger partial charge in [-0.05, 0) is 39.0 Å². The van der Waals surface area contributed by atoms with Crippen molar-refractivity contribution in [2.45, 2.75) is 33.2 Å². The van der Waals surface area contributed by atoms with E-state index in [0.29, 0.717) is 17.2 Å². The van der Waals surface area contributed by atoms with Crippen molar-refractivity contribution in [3.8, 4) is 17.2 Å². The zero-order chi connectivity index (χ0) is 20.5. The topological polar surface area (TPSA) is 65.1 Å². The van der Waals surface area contributed by atoms with Crippen LogP contribution in [0.25, 0.3) is 0 Å². The number of fused-ring (bicyclic) bond motifs is 1. The smallest absolute Gasteiger partial charge is 0.316 e. The van der Waals surface area contributed by atoms with Gasteiger partial charge in [-0.3, -0.25) is 9.59 Å². The van der Waals surface area contributed by atoms with Gasteiger partial charge in [-0.25, -0.2) is 0 Å². The Bertz CT molecular complexity index is 900. The predicted molar refractivity (Wildman–Crippen MR) is 106 cm³/mol. The fraction of sp³-hybridized carbons (Fsp3) is 0.364. The molecule has 0 saturated carbocycles. The monoisotopic (exact) mass is 383 g/mol. The van der Waals surface area contributed by atoms with Gasteiger partial charge in [-0.1, -0.05) is 18.2 Å². The van der Waals surface area contributed by atoms with E-state index >= 15 is 0 Å². The second-order valence-corrected chi connectivity index (χ2v) is 7.82. The van der Waals surface area contributed by atoms with Crippen LogP contribution in [0.4, 0.5) is 5.69 Å². The highest BCUT2D eigenvalue weighted by Gasteiger charge is 2.31. The summed E-state index contributed by atoms with van der Waals surface area (Å²) in [6.45, 7) is 5.38. The fourth-order valence-electron chi connectivity index (χ4n) is 3.02. The van der Waals surface area contributed by atoms with Gasteiger partial charge in [-0.2, -0.15) is 0 Å². The largest absolute Gasteiger partial charge is 0.493 e. The van der Waals surface area contributed by atoms with Crippen molar-refractivity contribution in [3.63, 3.8) is 0 Å². The minimum Gasteiger partial charge on any atom is -0.493 e. The molecule has 0 spiro atoms. The summed E-state index contributed by atoms with van der Waals surface area (Å²) in [5.41, 5.74) is 1.10. The van der Waals surface area contributed by atoms with Gasteiger partial charge in [0.2, 0.25) is 0 Å². The standard InChI is InChI=1S/C22H25NO5/c1-22(2,3)21(25)28-19-12-14(10-11-18(19)26-5)23(4)16-13-20(24)27-17-9-7-6-8-15(16)17/h6-12,16H,13H2,1-5H3. The Kier molecular flexibility index (Phi) is 5.31. The molecule has 6 heteroatoms. The van der Waals surface area contributed by atoms with E-state index in [2.05, 4.69) is 0 Å². The van der Waals surface area contributed by atoms with Crippen LogP contribution in [0.1, 0.15) is 38.8 Å². The van der Waals surface area contributed by atoms with Crippen LogP contribution in [-0.2, 0) is 9.59 Å². The predicted octanol–water partition coefficient (Wildman–Crippen LogP) is 4.13. The average Bonchev–Trinajstić information content (AvgIpc) is 2.65. The van der Waals surface area contributed by atoms with Crippen molar-refractivity contribution in [3.05, 3.63) is 48.0 Å². The first-order valence-corrected chi connectivity index (χ1v) is 9.13. The summed E-state index contributed by atoms with van der Waals surface area (Å²) < 4.78 is 16.3. The van der Waals surface area contributed by atoms with Crippen LogP contribution < -0.4 is 19.1 Å². The molecule has 0 fully saturated rings. The molecule has 1 heterocycles. The Balaban J connectivity index is 1.94. The molecule has 0 aliphatic carbocycles. The van der Waals surface area contributed by atoms with Crippen LogP contribution in [0.3, 0.4) is 0 Å². The summed E-state index contributed by atoms with van der Waals surface area (Å²) in [6.07, 6.45) is 0.233. The Morgan fingerprint density at radius 3 is 2.54 bits per heavy atom. The van der Waals surface area contributed by atoms with E-state index in [1.54, 1.807) is 39.0 Å². The van der Waals surface area contributed by atoms with E-state index in [0.717, 1.165) is 11.3 Å². The van der Waals surface area contributed by atoms with Gasteiger partial charge >= 0.3 is 11.9 Å². The van der Waals surface area contributed by atoms with Gasteiger partial charge in [0, 0.05) is 24.4 Å². The van der Waals surface area contributed by atoms with Crippen molar-refractivity contribution < 1.29 is 23.8 Å². The summed E-state index contributed by atoms with van der Waals surface area (Å²) in [6, 6.07) is 12.7. The Hall–Kier alpha value is -3.02. The van der Waals surface area contributed by atoms with E-state index in [4.69, 9.17) is 14.2 Å². The molecular weight excluding hydrogens is 358 g/mol. The zero-order valence-corrected chi connectivity index (χ0v) is 16.8. The minimum atomic E-state index is -0.640. The van der Waals surface area contributed by atoms with Gasteiger partial charge in [0.25, 0.3) is 0 Å². The molecule has 1 atom stereocenters. The molecule has 1 aliphatic rings. The number of benzene rings is 2. The normalized spacial score (nSPS) is 16.0. The first kappa shape index (κ1) is 19.7. The molecule has 2 aromatic carbocycles. The number of hydrogen-bond donors (Lipinski definition) is 0. The van der Waals surface area contributed by atoms with Crippen molar-refractivity contribution in [2.24, 2.45) is 5.41 Å². The third-order valence-electron chi connectivity index (χ3n) is 4.70. The van der Waals surface area contributed by atoms with E-state index in [1.165, 1.54) is 7.11 Å². The Labute approximate surface area is 165 Å². The highest BCUT2D eigenvalue weighted by Crippen LogP contribution is 2.40. The van der Waals surface area contributed by atoms with Crippen LogP contribution in [-0.4, -0.2) is 26.1 Å². The lowest BCUT2D eigenvalue weighted by atomic mass is 9.97. The van der Waals surface area contributed by atoms with Crippen LogP contribution >= 0.6 is 0 Å². The lowest BCUT2D eigenvalue weighted by molar-refractivity contribution is -0.143. The molecule has 3 rings (SSSR count). The average molecular weight is 383 g/mol. The quantitative estimate of drug-likeness (QED) is 0.584. The highest BCUT2D eigenvalue weighted by atomic mass is 16.6. The Morgan fingerprint density at radius 1 is 1.14 bits per heavy atom.